The monoisotopic (exact) mass is 436 g/mol. The van der Waals surface area contributed by atoms with Gasteiger partial charge in [0.2, 0.25) is 0 Å². The molecule has 3 rings (SSSR count). The summed E-state index contributed by atoms with van der Waals surface area (Å²) in [5, 5.41) is 0. The average molecular weight is 436 g/mol. The number of hydrogen-bond donors (Lipinski definition) is 0. The number of rotatable bonds is 4. The fourth-order valence-electron chi connectivity index (χ4n) is 2.20. The van der Waals surface area contributed by atoms with Crippen molar-refractivity contribution in [3.8, 4) is 16.9 Å². The summed E-state index contributed by atoms with van der Waals surface area (Å²) in [5.41, 5.74) is 1.46. The quantitative estimate of drug-likeness (QED) is 0.439. The van der Waals surface area contributed by atoms with E-state index in [2.05, 4.69) is 22.6 Å². The molecule has 3 aromatic carbocycles. The third-order valence-electron chi connectivity index (χ3n) is 3.26. The lowest BCUT2D eigenvalue weighted by molar-refractivity contribution is 0.486. The number of benzene rings is 3. The maximum Gasteiger partial charge on any atom is 0.339 e. The Hall–Kier alpha value is -1.86. The molecule has 0 heterocycles. The van der Waals surface area contributed by atoms with Gasteiger partial charge in [-0.2, -0.15) is 8.42 Å². The Bertz CT molecular complexity index is 905. The molecule has 0 saturated heterocycles. The molecule has 0 spiro atoms. The van der Waals surface area contributed by atoms with Crippen LogP contribution >= 0.6 is 22.6 Å². The van der Waals surface area contributed by atoms with E-state index in [0.29, 0.717) is 11.3 Å². The van der Waals surface area contributed by atoms with Crippen LogP contribution in [0.3, 0.4) is 0 Å². The van der Waals surface area contributed by atoms with Gasteiger partial charge in [-0.1, -0.05) is 48.5 Å². The van der Waals surface area contributed by atoms with Crippen molar-refractivity contribution in [2.24, 2.45) is 0 Å². The van der Waals surface area contributed by atoms with E-state index in [-0.39, 0.29) is 4.90 Å². The van der Waals surface area contributed by atoms with Crippen molar-refractivity contribution in [2.75, 3.05) is 0 Å². The summed E-state index contributed by atoms with van der Waals surface area (Å²) in [4.78, 5) is 0.157. The first kappa shape index (κ1) is 16.0. The molecule has 5 heteroatoms. The molecule has 0 atom stereocenters. The molecule has 0 fully saturated rings. The van der Waals surface area contributed by atoms with Gasteiger partial charge in [0.25, 0.3) is 0 Å². The molecule has 0 amide bonds. The van der Waals surface area contributed by atoms with Crippen molar-refractivity contribution in [3.63, 3.8) is 0 Å². The van der Waals surface area contributed by atoms with Gasteiger partial charge in [0, 0.05) is 9.13 Å². The van der Waals surface area contributed by atoms with Crippen LogP contribution < -0.4 is 4.18 Å². The lowest BCUT2D eigenvalue weighted by atomic mass is 10.1. The third-order valence-corrected chi connectivity index (χ3v) is 5.29. The van der Waals surface area contributed by atoms with Gasteiger partial charge in [-0.15, -0.1) is 0 Å². The zero-order valence-electron chi connectivity index (χ0n) is 12.0. The maximum absolute atomic E-state index is 12.7. The highest BCUT2D eigenvalue weighted by Gasteiger charge is 2.21. The summed E-state index contributed by atoms with van der Waals surface area (Å²) >= 11 is 2.15. The summed E-state index contributed by atoms with van der Waals surface area (Å²) in [6, 6.07) is 23.1. The van der Waals surface area contributed by atoms with E-state index < -0.39 is 10.1 Å². The third kappa shape index (κ3) is 3.73. The van der Waals surface area contributed by atoms with Crippen LogP contribution in [-0.4, -0.2) is 8.42 Å². The average Bonchev–Trinajstić information content (AvgIpc) is 2.58. The SMILES string of the molecule is O=S(=O)(Oc1ccc(I)cc1)c1ccccc1-c1ccccc1. The van der Waals surface area contributed by atoms with Gasteiger partial charge in [-0.25, -0.2) is 0 Å². The van der Waals surface area contributed by atoms with Crippen LogP contribution in [0.25, 0.3) is 11.1 Å². The summed E-state index contributed by atoms with van der Waals surface area (Å²) in [7, 11) is -3.91. The predicted molar refractivity (Wildman–Crippen MR) is 98.9 cm³/mol. The highest BCUT2D eigenvalue weighted by Crippen LogP contribution is 2.29. The summed E-state index contributed by atoms with van der Waals surface area (Å²) in [6.07, 6.45) is 0. The molecule has 0 aliphatic rings. The first-order valence-electron chi connectivity index (χ1n) is 6.91. The van der Waals surface area contributed by atoms with Gasteiger partial charge >= 0.3 is 10.1 Å². The lowest BCUT2D eigenvalue weighted by Crippen LogP contribution is -2.11. The molecule has 0 N–H and O–H groups in total. The van der Waals surface area contributed by atoms with Crippen molar-refractivity contribution < 1.29 is 12.6 Å². The topological polar surface area (TPSA) is 43.4 Å². The first-order valence-corrected chi connectivity index (χ1v) is 9.39. The van der Waals surface area contributed by atoms with E-state index in [1.165, 1.54) is 0 Å². The Labute approximate surface area is 149 Å². The molecule has 0 aromatic heterocycles. The fourth-order valence-corrected chi connectivity index (χ4v) is 3.72. The molecule has 0 aliphatic heterocycles. The second kappa shape index (κ2) is 6.72. The van der Waals surface area contributed by atoms with Crippen LogP contribution in [0.1, 0.15) is 0 Å². The van der Waals surface area contributed by atoms with Gasteiger partial charge in [0.1, 0.15) is 10.6 Å². The van der Waals surface area contributed by atoms with Gasteiger partial charge in [0.15, 0.2) is 0 Å². The van der Waals surface area contributed by atoms with Gasteiger partial charge in [0.05, 0.1) is 0 Å². The molecule has 3 nitrogen and oxygen atoms in total. The van der Waals surface area contributed by atoms with E-state index >= 15 is 0 Å². The Morgan fingerprint density at radius 3 is 2.04 bits per heavy atom. The molecule has 3 aromatic rings. The van der Waals surface area contributed by atoms with Crippen molar-refractivity contribution in [1.29, 1.82) is 0 Å². The normalized spacial score (nSPS) is 11.2. The fraction of sp³-hybridized carbons (Fsp3) is 0. The smallest absolute Gasteiger partial charge is 0.339 e. The minimum Gasteiger partial charge on any atom is -0.379 e. The van der Waals surface area contributed by atoms with Crippen LogP contribution in [0, 0.1) is 3.57 Å². The second-order valence-electron chi connectivity index (χ2n) is 4.85. The van der Waals surface area contributed by atoms with E-state index in [4.69, 9.17) is 4.18 Å². The predicted octanol–water partition coefficient (Wildman–Crippen LogP) is 4.73. The van der Waals surface area contributed by atoms with E-state index in [9.17, 15) is 8.42 Å². The highest BCUT2D eigenvalue weighted by atomic mass is 127. The molecule has 0 saturated carbocycles. The summed E-state index contributed by atoms with van der Waals surface area (Å²) < 4.78 is 31.6. The minimum atomic E-state index is -3.91. The number of halogens is 1. The van der Waals surface area contributed by atoms with Gasteiger partial charge < -0.3 is 4.18 Å². The van der Waals surface area contributed by atoms with Crippen LogP contribution in [-0.2, 0) is 10.1 Å². The Kier molecular flexibility index (Phi) is 4.68. The minimum absolute atomic E-state index is 0.157. The van der Waals surface area contributed by atoms with Crippen LogP contribution in [0.15, 0.2) is 83.8 Å². The van der Waals surface area contributed by atoms with Crippen LogP contribution in [0.4, 0.5) is 0 Å². The summed E-state index contributed by atoms with van der Waals surface area (Å²) in [5.74, 6) is 0.299. The Morgan fingerprint density at radius 2 is 1.35 bits per heavy atom. The van der Waals surface area contributed by atoms with Crippen molar-refractivity contribution in [3.05, 3.63) is 82.4 Å². The zero-order chi connectivity index (χ0) is 16.3. The van der Waals surface area contributed by atoms with E-state index in [1.54, 1.807) is 42.5 Å². The molecule has 116 valence electrons. The Balaban J connectivity index is 2.02. The standard InChI is InChI=1S/C18H13IO3S/c19-15-10-12-16(13-11-15)22-23(20,21)18-9-5-4-8-17(18)14-6-2-1-3-7-14/h1-13H. The molecule has 0 aliphatic carbocycles. The number of hydrogen-bond acceptors (Lipinski definition) is 3. The van der Waals surface area contributed by atoms with E-state index in [1.807, 2.05) is 36.4 Å². The molecular weight excluding hydrogens is 423 g/mol. The second-order valence-corrected chi connectivity index (χ2v) is 7.61. The van der Waals surface area contributed by atoms with Gasteiger partial charge in [-0.3, -0.25) is 0 Å². The molecule has 0 unspecified atom stereocenters. The van der Waals surface area contributed by atoms with Crippen LogP contribution in [0.5, 0.6) is 5.75 Å². The van der Waals surface area contributed by atoms with Crippen molar-refractivity contribution in [2.45, 2.75) is 4.90 Å². The molecule has 23 heavy (non-hydrogen) atoms. The van der Waals surface area contributed by atoms with Crippen LogP contribution in [0.2, 0.25) is 0 Å². The molecule has 0 radical (unpaired) electrons. The lowest BCUT2D eigenvalue weighted by Gasteiger charge is -2.11. The molecule has 0 bridgehead atoms. The largest absolute Gasteiger partial charge is 0.379 e. The maximum atomic E-state index is 12.7. The Morgan fingerprint density at radius 1 is 0.739 bits per heavy atom. The zero-order valence-corrected chi connectivity index (χ0v) is 15.0. The van der Waals surface area contributed by atoms with Gasteiger partial charge in [-0.05, 0) is 58.5 Å². The van der Waals surface area contributed by atoms with Crippen molar-refractivity contribution in [1.82, 2.24) is 0 Å². The summed E-state index contributed by atoms with van der Waals surface area (Å²) in [6.45, 7) is 0. The highest BCUT2D eigenvalue weighted by molar-refractivity contribution is 14.1. The first-order chi connectivity index (χ1) is 11.1. The molecular formula is C18H13IO3S. The van der Waals surface area contributed by atoms with E-state index in [0.717, 1.165) is 9.13 Å². The van der Waals surface area contributed by atoms with Crippen molar-refractivity contribution >= 4 is 32.7 Å².